The van der Waals surface area contributed by atoms with Crippen molar-refractivity contribution in [1.82, 2.24) is 15.5 Å². The van der Waals surface area contributed by atoms with Gasteiger partial charge in [0.25, 0.3) is 0 Å². The van der Waals surface area contributed by atoms with Crippen molar-refractivity contribution in [2.24, 2.45) is 0 Å². The smallest absolute Gasteiger partial charge is 0.319 e. The van der Waals surface area contributed by atoms with Crippen molar-refractivity contribution in [1.29, 1.82) is 0 Å². The number of hydrogen-bond acceptors (Lipinski definition) is 2. The highest BCUT2D eigenvalue weighted by atomic mass is 16.2. The summed E-state index contributed by atoms with van der Waals surface area (Å²) in [5.74, 6) is 0. The lowest BCUT2D eigenvalue weighted by Gasteiger charge is -2.41. The summed E-state index contributed by atoms with van der Waals surface area (Å²) < 4.78 is 0. The van der Waals surface area contributed by atoms with Crippen molar-refractivity contribution < 1.29 is 4.79 Å². The van der Waals surface area contributed by atoms with Crippen LogP contribution >= 0.6 is 0 Å². The molecule has 0 unspecified atom stereocenters. The predicted octanol–water partition coefficient (Wildman–Crippen LogP) is 0.667. The van der Waals surface area contributed by atoms with Gasteiger partial charge in [-0.05, 0) is 26.5 Å². The molecule has 2 aliphatic rings. The molecule has 0 fully saturated rings. The lowest BCUT2D eigenvalue weighted by atomic mass is 9.87. The second kappa shape index (κ2) is 2.98. The van der Waals surface area contributed by atoms with Gasteiger partial charge in [-0.25, -0.2) is 4.79 Å². The van der Waals surface area contributed by atoms with Crippen molar-refractivity contribution in [2.45, 2.75) is 25.8 Å². The first kappa shape index (κ1) is 9.52. The number of carbonyl (C=O) groups is 1. The molecule has 0 aliphatic carbocycles. The Balaban J connectivity index is 2.35. The number of urea groups is 1. The molecular weight excluding hydrogens is 178 g/mol. The highest BCUT2D eigenvalue weighted by molar-refractivity contribution is 5.79. The van der Waals surface area contributed by atoms with Gasteiger partial charge in [0, 0.05) is 25.2 Å². The molecule has 0 aromatic heterocycles. The van der Waals surface area contributed by atoms with Crippen LogP contribution in [-0.2, 0) is 0 Å². The van der Waals surface area contributed by atoms with E-state index in [-0.39, 0.29) is 11.6 Å². The Morgan fingerprint density at radius 3 is 2.86 bits per heavy atom. The van der Waals surface area contributed by atoms with E-state index in [4.69, 9.17) is 0 Å². The monoisotopic (exact) mass is 195 g/mol. The number of carbonyl (C=O) groups excluding carboxylic acids is 1. The highest BCUT2D eigenvalue weighted by Gasteiger charge is 2.35. The van der Waals surface area contributed by atoms with Gasteiger partial charge in [0.15, 0.2) is 0 Å². The fourth-order valence-electron chi connectivity index (χ4n) is 2.14. The molecule has 0 aromatic rings. The van der Waals surface area contributed by atoms with Crippen molar-refractivity contribution in [3.05, 3.63) is 11.3 Å². The first-order chi connectivity index (χ1) is 6.49. The Morgan fingerprint density at radius 2 is 2.14 bits per heavy atom. The maximum atomic E-state index is 11.3. The Hall–Kier alpha value is -1.03. The number of nitrogens with one attached hydrogen (secondary N) is 2. The normalized spacial score (nSPS) is 26.6. The average Bonchev–Trinajstić information content (AvgIpc) is 2.05. The predicted molar refractivity (Wildman–Crippen MR) is 54.9 cm³/mol. The molecule has 2 N–H and O–H groups in total. The topological polar surface area (TPSA) is 44.4 Å². The third kappa shape index (κ3) is 1.50. The number of nitrogens with zero attached hydrogens (tertiary/aromatic N) is 1. The summed E-state index contributed by atoms with van der Waals surface area (Å²) in [7, 11) is 2.11. The van der Waals surface area contributed by atoms with Crippen LogP contribution in [0, 0.1) is 0 Å². The average molecular weight is 195 g/mol. The van der Waals surface area contributed by atoms with Crippen molar-refractivity contribution in [3.8, 4) is 0 Å². The largest absolute Gasteiger partial charge is 0.329 e. The molecule has 0 spiro atoms. The Kier molecular flexibility index (Phi) is 2.03. The van der Waals surface area contributed by atoms with E-state index in [1.54, 1.807) is 0 Å². The fourth-order valence-corrected chi connectivity index (χ4v) is 2.14. The second-order valence-electron chi connectivity index (χ2n) is 4.65. The van der Waals surface area contributed by atoms with E-state index in [0.29, 0.717) is 0 Å². The van der Waals surface area contributed by atoms with E-state index in [0.717, 1.165) is 25.2 Å². The zero-order valence-electron chi connectivity index (χ0n) is 8.98. The minimum absolute atomic E-state index is 0.0710. The van der Waals surface area contributed by atoms with E-state index in [2.05, 4.69) is 36.4 Å². The molecule has 4 nitrogen and oxygen atoms in total. The van der Waals surface area contributed by atoms with Crippen molar-refractivity contribution in [3.63, 3.8) is 0 Å². The molecule has 78 valence electrons. The van der Waals surface area contributed by atoms with Gasteiger partial charge in [0.05, 0.1) is 5.54 Å². The SMILES string of the molecule is CN1CCC2=C(C1)C(C)(C)NC(=O)N2. The van der Waals surface area contributed by atoms with E-state index in [9.17, 15) is 4.79 Å². The third-order valence-corrected chi connectivity index (χ3v) is 2.98. The Bertz CT molecular complexity index is 306. The molecule has 4 heteroatoms. The van der Waals surface area contributed by atoms with Gasteiger partial charge in [0.2, 0.25) is 0 Å². The molecule has 0 saturated carbocycles. The van der Waals surface area contributed by atoms with Gasteiger partial charge >= 0.3 is 6.03 Å². The molecule has 14 heavy (non-hydrogen) atoms. The van der Waals surface area contributed by atoms with Crippen LogP contribution in [0.1, 0.15) is 20.3 Å². The molecule has 2 rings (SSSR count). The van der Waals surface area contributed by atoms with Crippen LogP contribution < -0.4 is 10.6 Å². The van der Waals surface area contributed by atoms with Gasteiger partial charge in [-0.1, -0.05) is 0 Å². The van der Waals surface area contributed by atoms with E-state index in [1.807, 2.05) is 0 Å². The fraction of sp³-hybridized carbons (Fsp3) is 0.700. The first-order valence-electron chi connectivity index (χ1n) is 4.99. The molecule has 0 atom stereocenters. The molecule has 0 saturated heterocycles. The third-order valence-electron chi connectivity index (χ3n) is 2.98. The minimum Gasteiger partial charge on any atom is -0.329 e. The lowest BCUT2D eigenvalue weighted by molar-refractivity contribution is 0.223. The number of amides is 2. The summed E-state index contributed by atoms with van der Waals surface area (Å²) in [6.45, 7) is 6.07. The van der Waals surface area contributed by atoms with Gasteiger partial charge < -0.3 is 15.5 Å². The lowest BCUT2D eigenvalue weighted by Crippen LogP contribution is -2.57. The van der Waals surface area contributed by atoms with Crippen LogP contribution in [0.25, 0.3) is 0 Å². The Morgan fingerprint density at radius 1 is 1.43 bits per heavy atom. The van der Waals surface area contributed by atoms with Crippen molar-refractivity contribution in [2.75, 3.05) is 20.1 Å². The molecule has 0 aromatic carbocycles. The van der Waals surface area contributed by atoms with Gasteiger partial charge in [-0.15, -0.1) is 0 Å². The molecule has 2 amide bonds. The van der Waals surface area contributed by atoms with Crippen LogP contribution in [0.4, 0.5) is 4.79 Å². The van der Waals surface area contributed by atoms with Gasteiger partial charge in [0.1, 0.15) is 0 Å². The summed E-state index contributed by atoms with van der Waals surface area (Å²) in [6, 6.07) is -0.0710. The maximum Gasteiger partial charge on any atom is 0.319 e. The van der Waals surface area contributed by atoms with E-state index in [1.165, 1.54) is 5.57 Å². The molecular formula is C10H17N3O. The zero-order chi connectivity index (χ0) is 10.3. The van der Waals surface area contributed by atoms with E-state index < -0.39 is 0 Å². The number of hydrogen-bond donors (Lipinski definition) is 2. The summed E-state index contributed by atoms with van der Waals surface area (Å²) in [5.41, 5.74) is 2.23. The summed E-state index contributed by atoms with van der Waals surface area (Å²) >= 11 is 0. The first-order valence-corrected chi connectivity index (χ1v) is 4.99. The van der Waals surface area contributed by atoms with E-state index >= 15 is 0 Å². The summed E-state index contributed by atoms with van der Waals surface area (Å²) in [5, 5.41) is 5.84. The van der Waals surface area contributed by atoms with Crippen LogP contribution in [0.5, 0.6) is 0 Å². The molecule has 0 radical (unpaired) electrons. The quantitative estimate of drug-likeness (QED) is 0.596. The summed E-state index contributed by atoms with van der Waals surface area (Å²) in [6.07, 6.45) is 0.947. The second-order valence-corrected chi connectivity index (χ2v) is 4.65. The molecule has 2 heterocycles. The van der Waals surface area contributed by atoms with Crippen LogP contribution in [0.2, 0.25) is 0 Å². The highest BCUT2D eigenvalue weighted by Crippen LogP contribution is 2.27. The number of rotatable bonds is 0. The Labute approximate surface area is 84.3 Å². The summed E-state index contributed by atoms with van der Waals surface area (Å²) in [4.78, 5) is 13.6. The number of likely N-dealkylation sites (N-methyl/N-ethyl adjacent to an activating group) is 1. The standard InChI is InChI=1S/C10H17N3O/c1-10(2)7-6-13(3)5-4-8(7)11-9(14)12-10/h4-6H2,1-3H3,(H2,11,12,14). The minimum atomic E-state index is -0.202. The van der Waals surface area contributed by atoms with Gasteiger partial charge in [-0.2, -0.15) is 0 Å². The van der Waals surface area contributed by atoms with Gasteiger partial charge in [-0.3, -0.25) is 0 Å². The molecule has 0 bridgehead atoms. The molecule has 2 aliphatic heterocycles. The van der Waals surface area contributed by atoms with Crippen molar-refractivity contribution >= 4 is 6.03 Å². The maximum absolute atomic E-state index is 11.3. The zero-order valence-corrected chi connectivity index (χ0v) is 8.98. The van der Waals surface area contributed by atoms with Crippen LogP contribution in [0.15, 0.2) is 11.3 Å². The van der Waals surface area contributed by atoms with Crippen LogP contribution in [0.3, 0.4) is 0 Å². The van der Waals surface area contributed by atoms with Crippen LogP contribution in [-0.4, -0.2) is 36.6 Å².